The lowest BCUT2D eigenvalue weighted by Gasteiger charge is -2.27. The van der Waals surface area contributed by atoms with Crippen LogP contribution in [-0.2, 0) is 25.8 Å². The highest BCUT2D eigenvalue weighted by Crippen LogP contribution is 2.26. The molecule has 1 aromatic carbocycles. The van der Waals surface area contributed by atoms with Gasteiger partial charge in [-0.3, -0.25) is 9.59 Å². The van der Waals surface area contributed by atoms with E-state index in [0.29, 0.717) is 25.2 Å². The summed E-state index contributed by atoms with van der Waals surface area (Å²) >= 11 is 0. The molecule has 0 radical (unpaired) electrons. The van der Waals surface area contributed by atoms with Crippen LogP contribution in [0.1, 0.15) is 24.8 Å². The first-order valence-electron chi connectivity index (χ1n) is 9.64. The number of anilines is 1. The molecule has 9 heteroatoms. The highest BCUT2D eigenvalue weighted by atomic mass is 32.2. The second-order valence-electron chi connectivity index (χ2n) is 7.46. The van der Waals surface area contributed by atoms with E-state index in [4.69, 9.17) is 0 Å². The topological polar surface area (TPSA) is 99.2 Å². The number of benzene rings is 1. The molecule has 0 unspecified atom stereocenters. The number of sulfone groups is 1. The highest BCUT2D eigenvalue weighted by Gasteiger charge is 2.37. The molecule has 1 atom stereocenters. The van der Waals surface area contributed by atoms with Crippen LogP contribution in [0.25, 0.3) is 0 Å². The van der Waals surface area contributed by atoms with Gasteiger partial charge in [0.05, 0.1) is 17.5 Å². The molecule has 0 spiro atoms. The van der Waals surface area contributed by atoms with E-state index in [1.54, 1.807) is 0 Å². The van der Waals surface area contributed by atoms with E-state index in [2.05, 4.69) is 27.5 Å². The van der Waals surface area contributed by atoms with Gasteiger partial charge in [-0.1, -0.05) is 18.2 Å². The first-order valence-corrected chi connectivity index (χ1v) is 11.5. The molecule has 3 heterocycles. The summed E-state index contributed by atoms with van der Waals surface area (Å²) in [6, 6.07) is 7.81. The summed E-state index contributed by atoms with van der Waals surface area (Å²) in [5.74, 6) is -0.514. The molecule has 8 nitrogen and oxygen atoms in total. The van der Waals surface area contributed by atoms with Crippen molar-refractivity contribution in [1.82, 2.24) is 10.3 Å². The molecule has 0 aliphatic carbocycles. The van der Waals surface area contributed by atoms with Crippen LogP contribution >= 0.6 is 0 Å². The van der Waals surface area contributed by atoms with Crippen LogP contribution in [0.4, 0.5) is 5.69 Å². The number of nitrogens with one attached hydrogen (secondary N) is 1. The molecule has 1 N–H and O–H groups in total. The van der Waals surface area contributed by atoms with Gasteiger partial charge in [0.2, 0.25) is 5.91 Å². The minimum Gasteiger partial charge on any atom is -0.369 e. The number of fused-ring (bicyclic) bond motifs is 1. The Bertz CT molecular complexity index is 928. The van der Waals surface area contributed by atoms with Gasteiger partial charge in [0, 0.05) is 38.2 Å². The maximum Gasteiger partial charge on any atom is 0.267 e. The second kappa shape index (κ2) is 7.54. The average molecular weight is 404 g/mol. The van der Waals surface area contributed by atoms with E-state index in [0.717, 1.165) is 13.0 Å². The van der Waals surface area contributed by atoms with Gasteiger partial charge in [0.1, 0.15) is 5.71 Å². The van der Waals surface area contributed by atoms with Crippen LogP contribution < -0.4 is 10.2 Å². The van der Waals surface area contributed by atoms with Crippen LogP contribution in [0.3, 0.4) is 0 Å². The number of carbonyl (C=O) groups is 2. The lowest BCUT2D eigenvalue weighted by atomic mass is 10.1. The van der Waals surface area contributed by atoms with Gasteiger partial charge >= 0.3 is 0 Å². The SMILES string of the molecule is O=C(NCCN1CCc2ccccc21)C1=NN([C@@H]2CCS(=O)(=O)C2)C(=O)CC1. The molecule has 28 heavy (non-hydrogen) atoms. The Balaban J connectivity index is 1.34. The Labute approximate surface area is 164 Å². The van der Waals surface area contributed by atoms with Gasteiger partial charge in [-0.05, 0) is 24.5 Å². The standard InChI is InChI=1S/C19H24N4O4S/c24-18-6-5-16(21-23(18)15-8-12-28(26,27)13-15)19(25)20-9-11-22-10-7-14-3-1-2-4-17(14)22/h1-4,15H,5-13H2,(H,20,25)/t15-/m1/s1. The number of hydrazone groups is 1. The third kappa shape index (κ3) is 3.89. The number of rotatable bonds is 5. The van der Waals surface area contributed by atoms with Gasteiger partial charge in [-0.25, -0.2) is 13.4 Å². The van der Waals surface area contributed by atoms with Crippen molar-refractivity contribution in [3.63, 3.8) is 0 Å². The zero-order valence-corrected chi connectivity index (χ0v) is 16.5. The summed E-state index contributed by atoms with van der Waals surface area (Å²) in [5, 5.41) is 8.31. The Kier molecular flexibility index (Phi) is 5.09. The van der Waals surface area contributed by atoms with Gasteiger partial charge in [-0.2, -0.15) is 5.10 Å². The van der Waals surface area contributed by atoms with Gasteiger partial charge < -0.3 is 10.2 Å². The molecule has 2 amide bonds. The number of para-hydroxylation sites is 1. The minimum absolute atomic E-state index is 0.0653. The molecule has 0 bridgehead atoms. The summed E-state index contributed by atoms with van der Waals surface area (Å²) in [7, 11) is -3.12. The van der Waals surface area contributed by atoms with Crippen molar-refractivity contribution in [2.24, 2.45) is 5.10 Å². The first kappa shape index (κ1) is 18.9. The fraction of sp³-hybridized carbons (Fsp3) is 0.526. The molecule has 1 fully saturated rings. The normalized spacial score (nSPS) is 23.5. The van der Waals surface area contributed by atoms with Crippen LogP contribution in [-0.4, -0.2) is 68.1 Å². The first-order chi connectivity index (χ1) is 13.4. The molecule has 1 aromatic rings. The van der Waals surface area contributed by atoms with Crippen molar-refractivity contribution in [2.45, 2.75) is 31.7 Å². The zero-order valence-electron chi connectivity index (χ0n) is 15.6. The summed E-state index contributed by atoms with van der Waals surface area (Å²) in [6.45, 7) is 2.13. The fourth-order valence-corrected chi connectivity index (χ4v) is 5.73. The third-order valence-electron chi connectivity index (χ3n) is 5.53. The predicted molar refractivity (Wildman–Crippen MR) is 106 cm³/mol. The number of hydrogen-bond acceptors (Lipinski definition) is 6. The molecular formula is C19H24N4O4S. The number of nitrogens with zero attached hydrogens (tertiary/aromatic N) is 3. The third-order valence-corrected chi connectivity index (χ3v) is 7.28. The maximum atomic E-state index is 12.5. The van der Waals surface area contributed by atoms with Gasteiger partial charge in [0.15, 0.2) is 9.84 Å². The Morgan fingerprint density at radius 1 is 1.21 bits per heavy atom. The monoisotopic (exact) mass is 404 g/mol. The molecule has 4 rings (SSSR count). The molecule has 1 saturated heterocycles. The number of carbonyl (C=O) groups excluding carboxylic acids is 2. The maximum absolute atomic E-state index is 12.5. The van der Waals surface area contributed by atoms with Crippen molar-refractivity contribution in [1.29, 1.82) is 0 Å². The highest BCUT2D eigenvalue weighted by molar-refractivity contribution is 7.91. The minimum atomic E-state index is -3.12. The molecule has 3 aliphatic rings. The van der Waals surface area contributed by atoms with Crippen molar-refractivity contribution in [3.8, 4) is 0 Å². The van der Waals surface area contributed by atoms with E-state index in [-0.39, 0.29) is 36.2 Å². The van der Waals surface area contributed by atoms with Crippen molar-refractivity contribution in [3.05, 3.63) is 29.8 Å². The predicted octanol–water partition coefficient (Wildman–Crippen LogP) is 0.331. The summed E-state index contributed by atoms with van der Waals surface area (Å²) in [4.78, 5) is 26.9. The lowest BCUT2D eigenvalue weighted by molar-refractivity contribution is -0.133. The molecule has 3 aliphatic heterocycles. The van der Waals surface area contributed by atoms with Crippen molar-refractivity contribution < 1.29 is 18.0 Å². The summed E-state index contributed by atoms with van der Waals surface area (Å²) < 4.78 is 23.4. The molecule has 0 saturated carbocycles. The quantitative estimate of drug-likeness (QED) is 0.763. The van der Waals surface area contributed by atoms with Gasteiger partial charge in [-0.15, -0.1) is 0 Å². The van der Waals surface area contributed by atoms with E-state index in [1.807, 2.05) is 12.1 Å². The van der Waals surface area contributed by atoms with Crippen LogP contribution in [0.2, 0.25) is 0 Å². The number of amides is 2. The number of hydrogen-bond donors (Lipinski definition) is 1. The van der Waals surface area contributed by atoms with Crippen molar-refractivity contribution >= 4 is 33.1 Å². The molecule has 0 aromatic heterocycles. The fourth-order valence-electron chi connectivity index (χ4n) is 4.03. The molecular weight excluding hydrogens is 380 g/mol. The Hall–Kier alpha value is -2.42. The Morgan fingerprint density at radius 2 is 2.04 bits per heavy atom. The van der Waals surface area contributed by atoms with E-state index < -0.39 is 15.9 Å². The smallest absolute Gasteiger partial charge is 0.267 e. The average Bonchev–Trinajstić information content (AvgIpc) is 3.25. The zero-order chi connectivity index (χ0) is 19.7. The largest absolute Gasteiger partial charge is 0.369 e. The van der Waals surface area contributed by atoms with E-state index >= 15 is 0 Å². The van der Waals surface area contributed by atoms with Crippen LogP contribution in [0, 0.1) is 0 Å². The van der Waals surface area contributed by atoms with Crippen molar-refractivity contribution in [2.75, 3.05) is 36.0 Å². The van der Waals surface area contributed by atoms with E-state index in [1.165, 1.54) is 16.3 Å². The van der Waals surface area contributed by atoms with Crippen LogP contribution in [0.15, 0.2) is 29.4 Å². The molecule has 150 valence electrons. The Morgan fingerprint density at radius 3 is 2.82 bits per heavy atom. The van der Waals surface area contributed by atoms with Crippen LogP contribution in [0.5, 0.6) is 0 Å². The summed E-state index contributed by atoms with van der Waals surface area (Å²) in [5.41, 5.74) is 2.84. The van der Waals surface area contributed by atoms with Gasteiger partial charge in [0.25, 0.3) is 5.91 Å². The van der Waals surface area contributed by atoms with E-state index in [9.17, 15) is 18.0 Å². The summed E-state index contributed by atoms with van der Waals surface area (Å²) in [6.07, 6.45) is 1.86. The second-order valence-corrected chi connectivity index (χ2v) is 9.69. The lowest BCUT2D eigenvalue weighted by Crippen LogP contribution is -2.44.